The van der Waals surface area contributed by atoms with Crippen LogP contribution >= 0.6 is 11.6 Å². The number of benzene rings is 2. The quantitative estimate of drug-likeness (QED) is 0.740. The molecule has 0 spiro atoms. The van der Waals surface area contributed by atoms with Gasteiger partial charge in [-0.25, -0.2) is 4.39 Å². The average molecular weight is 330 g/mol. The summed E-state index contributed by atoms with van der Waals surface area (Å²) in [6.45, 7) is 1.93. The highest BCUT2D eigenvalue weighted by atomic mass is 35.5. The van der Waals surface area contributed by atoms with Crippen molar-refractivity contribution >= 4 is 34.7 Å². The molecule has 3 aromatic rings. The Morgan fingerprint density at radius 1 is 1.04 bits per heavy atom. The topological polar surface area (TPSA) is 62.7 Å². The van der Waals surface area contributed by atoms with Crippen molar-refractivity contribution in [2.45, 2.75) is 6.92 Å². The normalized spacial score (nSPS) is 10.4. The molecule has 0 fully saturated rings. The van der Waals surface area contributed by atoms with Gasteiger partial charge < -0.3 is 10.6 Å². The van der Waals surface area contributed by atoms with Crippen molar-refractivity contribution in [2.24, 2.45) is 0 Å². The minimum Gasteiger partial charge on any atom is -0.339 e. The van der Waals surface area contributed by atoms with E-state index in [0.29, 0.717) is 16.5 Å². The van der Waals surface area contributed by atoms with Gasteiger partial charge in [0.2, 0.25) is 5.95 Å². The van der Waals surface area contributed by atoms with Crippen LogP contribution in [0, 0.1) is 12.7 Å². The molecule has 0 aliphatic rings. The Kier molecular flexibility index (Phi) is 4.34. The maximum atomic E-state index is 13.2. The molecular weight excluding hydrogens is 317 g/mol. The average Bonchev–Trinajstić information content (AvgIpc) is 2.51. The van der Waals surface area contributed by atoms with Crippen LogP contribution in [0.15, 0.2) is 48.7 Å². The van der Waals surface area contributed by atoms with Crippen LogP contribution in [0.5, 0.6) is 0 Å². The van der Waals surface area contributed by atoms with Gasteiger partial charge in [-0.2, -0.15) is 10.1 Å². The van der Waals surface area contributed by atoms with Crippen molar-refractivity contribution in [3.63, 3.8) is 0 Å². The van der Waals surface area contributed by atoms with E-state index >= 15 is 0 Å². The van der Waals surface area contributed by atoms with Gasteiger partial charge in [0.15, 0.2) is 5.82 Å². The fourth-order valence-corrected chi connectivity index (χ4v) is 2.11. The zero-order chi connectivity index (χ0) is 16.2. The summed E-state index contributed by atoms with van der Waals surface area (Å²) in [5, 5.41) is 14.4. The SMILES string of the molecule is Cc1ccc(Nc2cnnc(Nc3cccc(F)c3)n2)cc1Cl. The third kappa shape index (κ3) is 3.92. The smallest absolute Gasteiger partial charge is 0.249 e. The molecule has 2 aromatic carbocycles. The van der Waals surface area contributed by atoms with E-state index < -0.39 is 0 Å². The lowest BCUT2D eigenvalue weighted by Gasteiger charge is -2.08. The Morgan fingerprint density at radius 3 is 2.65 bits per heavy atom. The maximum Gasteiger partial charge on any atom is 0.249 e. The van der Waals surface area contributed by atoms with Gasteiger partial charge in [0.25, 0.3) is 0 Å². The molecule has 23 heavy (non-hydrogen) atoms. The summed E-state index contributed by atoms with van der Waals surface area (Å²) in [6.07, 6.45) is 1.49. The van der Waals surface area contributed by atoms with E-state index in [1.165, 1.54) is 18.3 Å². The molecule has 0 unspecified atom stereocenters. The lowest BCUT2D eigenvalue weighted by molar-refractivity contribution is 0.628. The summed E-state index contributed by atoms with van der Waals surface area (Å²) in [5.74, 6) is 0.421. The Labute approximate surface area is 137 Å². The molecule has 2 N–H and O–H groups in total. The van der Waals surface area contributed by atoms with E-state index in [1.54, 1.807) is 18.2 Å². The largest absolute Gasteiger partial charge is 0.339 e. The zero-order valence-electron chi connectivity index (χ0n) is 12.2. The minimum absolute atomic E-state index is 0.263. The van der Waals surface area contributed by atoms with Gasteiger partial charge in [-0.05, 0) is 42.8 Å². The lowest BCUT2D eigenvalue weighted by Crippen LogP contribution is -2.02. The van der Waals surface area contributed by atoms with Gasteiger partial charge in [0.05, 0.1) is 6.20 Å². The Balaban J connectivity index is 1.78. The van der Waals surface area contributed by atoms with Crippen molar-refractivity contribution < 1.29 is 4.39 Å². The molecule has 0 amide bonds. The molecule has 0 aliphatic carbocycles. The predicted molar refractivity (Wildman–Crippen MR) is 89.0 cm³/mol. The van der Waals surface area contributed by atoms with Gasteiger partial charge in [-0.15, -0.1) is 5.10 Å². The van der Waals surface area contributed by atoms with Crippen molar-refractivity contribution in [1.29, 1.82) is 0 Å². The number of aromatic nitrogens is 3. The van der Waals surface area contributed by atoms with Crippen molar-refractivity contribution in [3.8, 4) is 0 Å². The molecule has 0 atom stereocenters. The molecule has 0 bridgehead atoms. The summed E-state index contributed by atoms with van der Waals surface area (Å²) < 4.78 is 13.2. The molecule has 1 aromatic heterocycles. The van der Waals surface area contributed by atoms with Gasteiger partial charge in [-0.3, -0.25) is 0 Å². The highest BCUT2D eigenvalue weighted by Gasteiger charge is 2.04. The third-order valence-corrected chi connectivity index (χ3v) is 3.49. The van der Waals surface area contributed by atoms with Crippen LogP contribution in [0.3, 0.4) is 0 Å². The molecule has 116 valence electrons. The first-order valence-corrected chi connectivity index (χ1v) is 7.23. The molecular formula is C16H13ClFN5. The van der Waals surface area contributed by atoms with E-state index in [4.69, 9.17) is 11.6 Å². The second-order valence-electron chi connectivity index (χ2n) is 4.89. The summed E-state index contributed by atoms with van der Waals surface area (Å²) in [5.41, 5.74) is 2.33. The van der Waals surface area contributed by atoms with Crippen LogP contribution in [0.2, 0.25) is 5.02 Å². The van der Waals surface area contributed by atoms with Crippen molar-refractivity contribution in [3.05, 3.63) is 65.1 Å². The van der Waals surface area contributed by atoms with E-state index in [2.05, 4.69) is 25.8 Å². The third-order valence-electron chi connectivity index (χ3n) is 3.08. The summed E-state index contributed by atoms with van der Waals surface area (Å²) in [4.78, 5) is 4.28. The maximum absolute atomic E-state index is 13.2. The van der Waals surface area contributed by atoms with Gasteiger partial charge in [-0.1, -0.05) is 23.7 Å². The fourth-order valence-electron chi connectivity index (χ4n) is 1.93. The summed E-state index contributed by atoms with van der Waals surface area (Å²) in [7, 11) is 0. The highest BCUT2D eigenvalue weighted by Crippen LogP contribution is 2.22. The number of nitrogens with zero attached hydrogens (tertiary/aromatic N) is 3. The van der Waals surface area contributed by atoms with Crippen LogP contribution in [-0.4, -0.2) is 15.2 Å². The fraction of sp³-hybridized carbons (Fsp3) is 0.0625. The van der Waals surface area contributed by atoms with Gasteiger partial charge in [0.1, 0.15) is 5.82 Å². The molecule has 0 saturated carbocycles. The number of anilines is 4. The van der Waals surface area contributed by atoms with Crippen LogP contribution in [-0.2, 0) is 0 Å². The van der Waals surface area contributed by atoms with Gasteiger partial charge in [0, 0.05) is 16.4 Å². The first kappa shape index (κ1) is 15.2. The second-order valence-corrected chi connectivity index (χ2v) is 5.30. The van der Waals surface area contributed by atoms with Crippen LogP contribution < -0.4 is 10.6 Å². The summed E-state index contributed by atoms with van der Waals surface area (Å²) in [6, 6.07) is 11.6. The Hall–Kier alpha value is -2.73. The number of nitrogens with one attached hydrogen (secondary N) is 2. The van der Waals surface area contributed by atoms with Crippen molar-refractivity contribution in [1.82, 2.24) is 15.2 Å². The van der Waals surface area contributed by atoms with Crippen molar-refractivity contribution in [2.75, 3.05) is 10.6 Å². The number of rotatable bonds is 4. The molecule has 5 nitrogen and oxygen atoms in total. The highest BCUT2D eigenvalue weighted by molar-refractivity contribution is 6.31. The number of aryl methyl sites for hydroxylation is 1. The van der Waals surface area contributed by atoms with Crippen LogP contribution in [0.1, 0.15) is 5.56 Å². The van der Waals surface area contributed by atoms with Gasteiger partial charge >= 0.3 is 0 Å². The predicted octanol–water partition coefficient (Wildman–Crippen LogP) is 4.46. The molecule has 1 heterocycles. The van der Waals surface area contributed by atoms with Crippen LogP contribution in [0.4, 0.5) is 27.5 Å². The monoisotopic (exact) mass is 329 g/mol. The standard InChI is InChI=1S/C16H13ClFN5/c1-10-5-6-13(8-14(10)17)20-15-9-19-23-16(22-15)21-12-4-2-3-11(18)7-12/h2-9H,1H3,(H2,20,21,22,23). The van der Waals surface area contributed by atoms with E-state index in [1.807, 2.05) is 19.1 Å². The minimum atomic E-state index is -0.341. The summed E-state index contributed by atoms with van der Waals surface area (Å²) >= 11 is 6.10. The Bertz CT molecular complexity index is 840. The number of hydrogen-bond donors (Lipinski definition) is 2. The molecule has 7 heteroatoms. The first-order valence-electron chi connectivity index (χ1n) is 6.86. The Morgan fingerprint density at radius 2 is 1.87 bits per heavy atom. The van der Waals surface area contributed by atoms with E-state index in [-0.39, 0.29) is 11.8 Å². The number of halogens is 2. The first-order chi connectivity index (χ1) is 11.1. The van der Waals surface area contributed by atoms with E-state index in [0.717, 1.165) is 11.3 Å². The zero-order valence-corrected chi connectivity index (χ0v) is 13.0. The second kappa shape index (κ2) is 6.58. The number of hydrogen-bond acceptors (Lipinski definition) is 5. The van der Waals surface area contributed by atoms with E-state index in [9.17, 15) is 4.39 Å². The molecule has 0 saturated heterocycles. The molecule has 0 aliphatic heterocycles. The van der Waals surface area contributed by atoms with Crippen LogP contribution in [0.25, 0.3) is 0 Å². The molecule has 0 radical (unpaired) electrons. The lowest BCUT2D eigenvalue weighted by atomic mass is 10.2. The molecule has 3 rings (SSSR count).